The summed E-state index contributed by atoms with van der Waals surface area (Å²) in [5, 5.41) is 15.5. The van der Waals surface area contributed by atoms with Gasteiger partial charge in [-0.2, -0.15) is 5.10 Å². The Morgan fingerprint density at radius 1 is 1.42 bits per heavy atom. The third-order valence-electron chi connectivity index (χ3n) is 2.39. The fourth-order valence-electron chi connectivity index (χ4n) is 1.40. The van der Waals surface area contributed by atoms with Crippen molar-refractivity contribution in [3.63, 3.8) is 0 Å². The minimum Gasteiger partial charge on any atom is -0.392 e. The number of nitrogens with zero attached hydrogens (tertiary/aromatic N) is 2. The van der Waals surface area contributed by atoms with E-state index in [1.54, 1.807) is 0 Å². The second kappa shape index (κ2) is 5.66. The van der Waals surface area contributed by atoms with E-state index in [1.807, 2.05) is 0 Å². The molecule has 102 valence electrons. The average Bonchev–Trinajstić information content (AvgIpc) is 2.90. The number of benzene rings is 1. The van der Waals surface area contributed by atoms with Crippen LogP contribution in [0.3, 0.4) is 0 Å². The lowest BCUT2D eigenvalue weighted by molar-refractivity contribution is 0.281. The number of aliphatic hydroxyl groups excluding tert-OH is 1. The van der Waals surface area contributed by atoms with Crippen molar-refractivity contribution < 1.29 is 13.5 Å². The summed E-state index contributed by atoms with van der Waals surface area (Å²) in [5.74, 6) is 0.403. The van der Waals surface area contributed by atoms with Crippen molar-refractivity contribution in [2.45, 2.75) is 18.0 Å². The first-order valence-corrected chi connectivity index (χ1v) is 7.12. The third-order valence-corrected chi connectivity index (χ3v) is 4.16. The molecule has 0 atom stereocenters. The topological polar surface area (TPSA) is 108 Å². The average molecular weight is 303 g/mol. The fraction of sp³-hybridized carbons (Fsp3) is 0.200. The lowest BCUT2D eigenvalue weighted by atomic mass is 10.2. The maximum absolute atomic E-state index is 12.0. The summed E-state index contributed by atoms with van der Waals surface area (Å²) in [6, 6.07) is 4.12. The number of aliphatic hydroxyl groups is 1. The van der Waals surface area contributed by atoms with E-state index in [2.05, 4.69) is 19.9 Å². The van der Waals surface area contributed by atoms with E-state index in [-0.39, 0.29) is 18.0 Å². The van der Waals surface area contributed by atoms with Crippen LogP contribution >= 0.6 is 11.6 Å². The molecule has 0 aliphatic rings. The summed E-state index contributed by atoms with van der Waals surface area (Å²) >= 11 is 5.81. The predicted octanol–water partition coefficient (Wildman–Crippen LogP) is 0.429. The maximum atomic E-state index is 12.0. The molecule has 9 heteroatoms. The highest BCUT2D eigenvalue weighted by Crippen LogP contribution is 2.20. The molecule has 0 bridgehead atoms. The van der Waals surface area contributed by atoms with Gasteiger partial charge in [0.15, 0.2) is 0 Å². The minimum atomic E-state index is -3.69. The van der Waals surface area contributed by atoms with Crippen LogP contribution in [0.25, 0.3) is 0 Å². The van der Waals surface area contributed by atoms with Gasteiger partial charge in [0.05, 0.1) is 18.0 Å². The number of H-pyrrole nitrogens is 1. The van der Waals surface area contributed by atoms with Crippen molar-refractivity contribution in [1.82, 2.24) is 19.9 Å². The summed E-state index contributed by atoms with van der Waals surface area (Å²) in [6.45, 7) is -0.330. The van der Waals surface area contributed by atoms with Crippen LogP contribution in [0.5, 0.6) is 0 Å². The van der Waals surface area contributed by atoms with Crippen molar-refractivity contribution in [3.8, 4) is 0 Å². The summed E-state index contributed by atoms with van der Waals surface area (Å²) < 4.78 is 26.4. The van der Waals surface area contributed by atoms with Crippen LogP contribution in [0.4, 0.5) is 0 Å². The van der Waals surface area contributed by atoms with Crippen LogP contribution in [-0.2, 0) is 23.2 Å². The van der Waals surface area contributed by atoms with E-state index in [1.165, 1.54) is 24.5 Å². The van der Waals surface area contributed by atoms with E-state index < -0.39 is 10.0 Å². The third kappa shape index (κ3) is 3.29. The van der Waals surface area contributed by atoms with Gasteiger partial charge in [0.25, 0.3) is 0 Å². The largest absolute Gasteiger partial charge is 0.392 e. The lowest BCUT2D eigenvalue weighted by Crippen LogP contribution is -2.24. The molecule has 0 saturated heterocycles. The normalized spacial score (nSPS) is 11.7. The van der Waals surface area contributed by atoms with Gasteiger partial charge < -0.3 is 5.11 Å². The van der Waals surface area contributed by atoms with Gasteiger partial charge in [-0.3, -0.25) is 5.10 Å². The molecule has 3 N–H and O–H groups in total. The molecule has 2 aromatic rings. The van der Waals surface area contributed by atoms with Crippen LogP contribution in [0.15, 0.2) is 29.4 Å². The number of rotatable bonds is 5. The van der Waals surface area contributed by atoms with Gasteiger partial charge in [-0.25, -0.2) is 18.1 Å². The lowest BCUT2D eigenvalue weighted by Gasteiger charge is -2.07. The van der Waals surface area contributed by atoms with E-state index in [9.17, 15) is 8.42 Å². The molecule has 0 radical (unpaired) electrons. The van der Waals surface area contributed by atoms with Gasteiger partial charge in [-0.15, -0.1) is 0 Å². The number of sulfonamides is 1. The van der Waals surface area contributed by atoms with Gasteiger partial charge in [0, 0.05) is 5.02 Å². The van der Waals surface area contributed by atoms with E-state index in [0.717, 1.165) is 0 Å². The summed E-state index contributed by atoms with van der Waals surface area (Å²) in [6.07, 6.45) is 1.29. The Bertz CT molecular complexity index is 657. The molecule has 0 saturated carbocycles. The first kappa shape index (κ1) is 13.9. The van der Waals surface area contributed by atoms with Crippen molar-refractivity contribution in [2.24, 2.45) is 0 Å². The number of aromatic amines is 1. The molecule has 0 aliphatic carbocycles. The standard InChI is InChI=1S/C10H11ClN4O3S/c11-9-2-1-8(3-7(9)5-16)19(17,18)14-4-10-12-6-13-15-10/h1-3,6,14,16H,4-5H2,(H,12,13,15). The highest BCUT2D eigenvalue weighted by Gasteiger charge is 2.15. The first-order valence-electron chi connectivity index (χ1n) is 5.26. The second-order valence-electron chi connectivity index (χ2n) is 3.67. The molecule has 0 fully saturated rings. The van der Waals surface area contributed by atoms with Crippen molar-refractivity contribution in [2.75, 3.05) is 0 Å². The van der Waals surface area contributed by atoms with Crippen LogP contribution in [0.1, 0.15) is 11.4 Å². The highest BCUT2D eigenvalue weighted by molar-refractivity contribution is 7.89. The molecule has 0 spiro atoms. The smallest absolute Gasteiger partial charge is 0.240 e. The minimum absolute atomic E-state index is 0.000577. The molecule has 1 aromatic heterocycles. The predicted molar refractivity (Wildman–Crippen MR) is 67.8 cm³/mol. The molecule has 1 aromatic carbocycles. The van der Waals surface area contributed by atoms with Crippen LogP contribution < -0.4 is 4.72 Å². The quantitative estimate of drug-likeness (QED) is 0.742. The monoisotopic (exact) mass is 302 g/mol. The highest BCUT2D eigenvalue weighted by atomic mass is 35.5. The molecular formula is C10H11ClN4O3S. The Morgan fingerprint density at radius 2 is 2.21 bits per heavy atom. The van der Waals surface area contributed by atoms with E-state index in [0.29, 0.717) is 16.4 Å². The maximum Gasteiger partial charge on any atom is 0.240 e. The zero-order chi connectivity index (χ0) is 13.9. The van der Waals surface area contributed by atoms with Crippen molar-refractivity contribution >= 4 is 21.6 Å². The molecule has 19 heavy (non-hydrogen) atoms. The summed E-state index contributed by atoms with van der Waals surface area (Å²) in [4.78, 5) is 3.83. The Labute approximate surface area is 114 Å². The number of hydrogen-bond donors (Lipinski definition) is 3. The summed E-state index contributed by atoms with van der Waals surface area (Å²) in [5.41, 5.74) is 0.351. The molecular weight excluding hydrogens is 292 g/mol. The molecule has 0 unspecified atom stereocenters. The van der Waals surface area contributed by atoms with Gasteiger partial charge in [0.1, 0.15) is 12.2 Å². The Hall–Kier alpha value is -1.48. The molecule has 1 heterocycles. The van der Waals surface area contributed by atoms with Crippen LogP contribution in [0, 0.1) is 0 Å². The second-order valence-corrected chi connectivity index (χ2v) is 5.84. The van der Waals surface area contributed by atoms with Gasteiger partial charge in [-0.1, -0.05) is 11.6 Å². The van der Waals surface area contributed by atoms with Crippen molar-refractivity contribution in [1.29, 1.82) is 0 Å². The number of nitrogens with one attached hydrogen (secondary N) is 2. The van der Waals surface area contributed by atoms with Gasteiger partial charge in [-0.05, 0) is 23.8 Å². The number of aromatic nitrogens is 3. The van der Waals surface area contributed by atoms with E-state index in [4.69, 9.17) is 16.7 Å². The Balaban J connectivity index is 2.19. The summed E-state index contributed by atoms with van der Waals surface area (Å²) in [7, 11) is -3.69. The van der Waals surface area contributed by atoms with Crippen LogP contribution in [-0.4, -0.2) is 28.7 Å². The van der Waals surface area contributed by atoms with Crippen molar-refractivity contribution in [3.05, 3.63) is 40.9 Å². The van der Waals surface area contributed by atoms with Gasteiger partial charge >= 0.3 is 0 Å². The zero-order valence-electron chi connectivity index (χ0n) is 9.67. The molecule has 0 aliphatic heterocycles. The Morgan fingerprint density at radius 3 is 2.84 bits per heavy atom. The fourth-order valence-corrected chi connectivity index (χ4v) is 2.62. The molecule has 0 amide bonds. The van der Waals surface area contributed by atoms with Gasteiger partial charge in [0.2, 0.25) is 10.0 Å². The first-order chi connectivity index (χ1) is 9.03. The SMILES string of the molecule is O=S(=O)(NCc1ncn[nH]1)c1ccc(Cl)c(CO)c1. The number of hydrogen-bond acceptors (Lipinski definition) is 5. The molecule has 7 nitrogen and oxygen atoms in total. The molecule has 2 rings (SSSR count). The van der Waals surface area contributed by atoms with E-state index >= 15 is 0 Å². The Kier molecular flexibility index (Phi) is 4.15. The zero-order valence-corrected chi connectivity index (χ0v) is 11.2. The number of halogens is 1. The van der Waals surface area contributed by atoms with Crippen LogP contribution in [0.2, 0.25) is 5.02 Å².